The molecule has 2 aromatic heterocycles. The summed E-state index contributed by atoms with van der Waals surface area (Å²) in [5.74, 6) is 0.331. The molecule has 3 aromatic rings. The summed E-state index contributed by atoms with van der Waals surface area (Å²) in [5.41, 5.74) is 8.33. The van der Waals surface area contributed by atoms with Crippen LogP contribution in [0.1, 0.15) is 16.2 Å². The number of hydrogen-bond donors (Lipinski definition) is 2. The van der Waals surface area contributed by atoms with Crippen molar-refractivity contribution in [3.8, 4) is 11.3 Å². The maximum atomic E-state index is 11.7. The number of amides is 1. The highest BCUT2D eigenvalue weighted by molar-refractivity contribution is 6.30. The molecule has 2 heterocycles. The van der Waals surface area contributed by atoms with E-state index >= 15 is 0 Å². The number of nitrogens with one attached hydrogen (secondary N) is 1. The van der Waals surface area contributed by atoms with Crippen LogP contribution in [0.15, 0.2) is 50.5 Å². The molecule has 0 saturated heterocycles. The van der Waals surface area contributed by atoms with Crippen LogP contribution >= 0.6 is 11.6 Å². The number of nitrogens with two attached hydrogens (primary N) is 1. The van der Waals surface area contributed by atoms with Crippen LogP contribution in [0.5, 0.6) is 0 Å². The molecule has 0 aliphatic rings. The Hall–Kier alpha value is -3.13. The third-order valence-corrected chi connectivity index (χ3v) is 3.06. The van der Waals surface area contributed by atoms with Crippen LogP contribution in [0.25, 0.3) is 11.3 Å². The molecule has 0 saturated carbocycles. The Labute approximate surface area is 134 Å². The van der Waals surface area contributed by atoms with Gasteiger partial charge in [-0.25, -0.2) is 10.1 Å². The molecule has 3 rings (SSSR count). The SMILES string of the molecule is Nc1nonc1C(=O)NN=Cc1ccc(-c2cccc(Cl)c2)o1. The zero-order valence-electron chi connectivity index (χ0n) is 11.6. The van der Waals surface area contributed by atoms with E-state index in [0.29, 0.717) is 16.5 Å². The van der Waals surface area contributed by atoms with Crippen LogP contribution in [-0.4, -0.2) is 22.4 Å². The second kappa shape index (κ2) is 6.32. The predicted octanol–water partition coefficient (Wildman–Crippen LogP) is 2.33. The van der Waals surface area contributed by atoms with E-state index in [9.17, 15) is 4.79 Å². The molecule has 116 valence electrons. The molecule has 1 aromatic carbocycles. The third-order valence-electron chi connectivity index (χ3n) is 2.82. The number of hydrogen-bond acceptors (Lipinski definition) is 7. The van der Waals surface area contributed by atoms with Gasteiger partial charge >= 0.3 is 0 Å². The van der Waals surface area contributed by atoms with E-state index < -0.39 is 5.91 Å². The van der Waals surface area contributed by atoms with Crippen molar-refractivity contribution in [2.24, 2.45) is 5.10 Å². The lowest BCUT2D eigenvalue weighted by Crippen LogP contribution is -2.19. The second-order valence-corrected chi connectivity index (χ2v) is 4.85. The summed E-state index contributed by atoms with van der Waals surface area (Å²) in [6.07, 6.45) is 1.34. The standard InChI is InChI=1S/C14H10ClN5O3/c15-9-3-1-2-8(6-9)11-5-4-10(22-11)7-17-18-14(21)12-13(16)20-23-19-12/h1-7H,(H2,16,20)(H,18,21). The van der Waals surface area contributed by atoms with Gasteiger partial charge in [0.15, 0.2) is 0 Å². The van der Waals surface area contributed by atoms with Crippen molar-refractivity contribution in [2.75, 3.05) is 5.73 Å². The lowest BCUT2D eigenvalue weighted by molar-refractivity contribution is 0.0946. The fraction of sp³-hybridized carbons (Fsp3) is 0. The van der Waals surface area contributed by atoms with Crippen molar-refractivity contribution in [1.82, 2.24) is 15.7 Å². The van der Waals surface area contributed by atoms with Crippen molar-refractivity contribution in [1.29, 1.82) is 0 Å². The Morgan fingerprint density at radius 3 is 2.91 bits per heavy atom. The van der Waals surface area contributed by atoms with Crippen molar-refractivity contribution in [2.45, 2.75) is 0 Å². The largest absolute Gasteiger partial charge is 0.455 e. The second-order valence-electron chi connectivity index (χ2n) is 4.41. The van der Waals surface area contributed by atoms with E-state index in [1.807, 2.05) is 12.1 Å². The van der Waals surface area contributed by atoms with Gasteiger partial charge in [0.25, 0.3) is 5.91 Å². The fourth-order valence-electron chi connectivity index (χ4n) is 1.78. The van der Waals surface area contributed by atoms with Gasteiger partial charge in [-0.2, -0.15) is 5.10 Å². The van der Waals surface area contributed by atoms with E-state index in [1.54, 1.807) is 24.3 Å². The number of furan rings is 1. The van der Waals surface area contributed by atoms with E-state index in [-0.39, 0.29) is 11.5 Å². The fourth-order valence-corrected chi connectivity index (χ4v) is 1.97. The molecule has 0 atom stereocenters. The highest BCUT2D eigenvalue weighted by Crippen LogP contribution is 2.24. The number of hydrazone groups is 1. The van der Waals surface area contributed by atoms with Gasteiger partial charge in [0.2, 0.25) is 11.5 Å². The number of aromatic nitrogens is 2. The topological polar surface area (TPSA) is 120 Å². The van der Waals surface area contributed by atoms with Gasteiger partial charge in [0.1, 0.15) is 11.5 Å². The molecule has 23 heavy (non-hydrogen) atoms. The molecule has 1 amide bonds. The highest BCUT2D eigenvalue weighted by Gasteiger charge is 2.14. The number of nitrogen functional groups attached to an aromatic ring is 1. The van der Waals surface area contributed by atoms with Crippen LogP contribution in [-0.2, 0) is 0 Å². The maximum absolute atomic E-state index is 11.7. The van der Waals surface area contributed by atoms with Crippen molar-refractivity contribution < 1.29 is 13.8 Å². The summed E-state index contributed by atoms with van der Waals surface area (Å²) in [6, 6.07) is 10.7. The summed E-state index contributed by atoms with van der Waals surface area (Å²) < 4.78 is 9.92. The number of benzene rings is 1. The molecule has 8 nitrogen and oxygen atoms in total. The molecule has 0 bridgehead atoms. The van der Waals surface area contributed by atoms with Crippen molar-refractivity contribution in [3.63, 3.8) is 0 Å². The minimum atomic E-state index is -0.637. The van der Waals surface area contributed by atoms with Gasteiger partial charge in [0, 0.05) is 10.6 Å². The van der Waals surface area contributed by atoms with Gasteiger partial charge in [-0.05, 0) is 34.6 Å². The first kappa shape index (κ1) is 14.8. The summed E-state index contributed by atoms with van der Waals surface area (Å²) in [4.78, 5) is 11.7. The third kappa shape index (κ3) is 3.38. The van der Waals surface area contributed by atoms with Gasteiger partial charge < -0.3 is 10.2 Å². The minimum Gasteiger partial charge on any atom is -0.455 e. The Kier molecular flexibility index (Phi) is 4.07. The van der Waals surface area contributed by atoms with Crippen LogP contribution in [0, 0.1) is 0 Å². The van der Waals surface area contributed by atoms with Crippen molar-refractivity contribution in [3.05, 3.63) is 52.9 Å². The lowest BCUT2D eigenvalue weighted by atomic mass is 10.2. The number of halogens is 1. The smallest absolute Gasteiger partial charge is 0.297 e. The number of nitrogens with zero attached hydrogens (tertiary/aromatic N) is 3. The molecule has 0 fully saturated rings. The van der Waals surface area contributed by atoms with Crippen LogP contribution in [0.2, 0.25) is 5.02 Å². The summed E-state index contributed by atoms with van der Waals surface area (Å²) in [7, 11) is 0. The van der Waals surface area contributed by atoms with Crippen LogP contribution in [0.3, 0.4) is 0 Å². The van der Waals surface area contributed by atoms with Crippen LogP contribution < -0.4 is 11.2 Å². The molecule has 0 unspecified atom stereocenters. The van der Waals surface area contributed by atoms with Gasteiger partial charge in [0.05, 0.1) is 6.21 Å². The number of carbonyl (C=O) groups is 1. The summed E-state index contributed by atoms with van der Waals surface area (Å²) in [5, 5.41) is 11.0. The Bertz CT molecular complexity index is 871. The number of anilines is 1. The molecule has 0 spiro atoms. The minimum absolute atomic E-state index is 0.112. The van der Waals surface area contributed by atoms with E-state index in [2.05, 4.69) is 25.5 Å². The Morgan fingerprint density at radius 1 is 1.30 bits per heavy atom. The maximum Gasteiger partial charge on any atom is 0.297 e. The van der Waals surface area contributed by atoms with E-state index in [0.717, 1.165) is 5.56 Å². The predicted molar refractivity (Wildman–Crippen MR) is 82.9 cm³/mol. The summed E-state index contributed by atoms with van der Waals surface area (Å²) >= 11 is 5.94. The quantitative estimate of drug-likeness (QED) is 0.559. The van der Waals surface area contributed by atoms with Gasteiger partial charge in [-0.15, -0.1) is 0 Å². The zero-order valence-corrected chi connectivity index (χ0v) is 12.3. The molecule has 0 aliphatic heterocycles. The average Bonchev–Trinajstić information content (AvgIpc) is 3.16. The first-order valence-electron chi connectivity index (χ1n) is 6.40. The number of rotatable bonds is 4. The average molecular weight is 332 g/mol. The van der Waals surface area contributed by atoms with E-state index in [1.165, 1.54) is 6.21 Å². The Balaban J connectivity index is 1.67. The monoisotopic (exact) mass is 331 g/mol. The molecule has 9 heteroatoms. The zero-order chi connectivity index (χ0) is 16.2. The lowest BCUT2D eigenvalue weighted by Gasteiger charge is -1.97. The van der Waals surface area contributed by atoms with E-state index in [4.69, 9.17) is 21.8 Å². The van der Waals surface area contributed by atoms with Gasteiger partial charge in [-0.1, -0.05) is 23.7 Å². The molecular formula is C14H10ClN5O3. The molecular weight excluding hydrogens is 322 g/mol. The normalized spacial score (nSPS) is 11.0. The van der Waals surface area contributed by atoms with Crippen LogP contribution in [0.4, 0.5) is 5.82 Å². The first-order chi connectivity index (χ1) is 11.1. The molecule has 0 aliphatic carbocycles. The highest BCUT2D eigenvalue weighted by atomic mass is 35.5. The van der Waals surface area contributed by atoms with Crippen molar-refractivity contribution >= 4 is 29.5 Å². The Morgan fingerprint density at radius 2 is 2.17 bits per heavy atom. The molecule has 0 radical (unpaired) electrons. The molecule has 3 N–H and O–H groups in total. The van der Waals surface area contributed by atoms with Gasteiger partial charge in [-0.3, -0.25) is 4.79 Å². The summed E-state index contributed by atoms with van der Waals surface area (Å²) in [6.45, 7) is 0. The first-order valence-corrected chi connectivity index (χ1v) is 6.78. The number of carbonyl (C=O) groups excluding carboxylic acids is 1.